The highest BCUT2D eigenvalue weighted by atomic mass is 16.3. The van der Waals surface area contributed by atoms with Crippen LogP contribution in [0.25, 0.3) is 11.6 Å². The smallest absolute Gasteiger partial charge is 0.328 e. The van der Waals surface area contributed by atoms with E-state index in [9.17, 15) is 9.90 Å². The minimum atomic E-state index is -0.322. The Morgan fingerprint density at radius 3 is 3.11 bits per heavy atom. The Kier molecular flexibility index (Phi) is 2.56. The van der Waals surface area contributed by atoms with Crippen molar-refractivity contribution in [1.29, 1.82) is 0 Å². The molecule has 3 rings (SSSR count). The zero-order valence-electron chi connectivity index (χ0n) is 10.3. The van der Waals surface area contributed by atoms with Gasteiger partial charge >= 0.3 is 5.69 Å². The highest BCUT2D eigenvalue weighted by Crippen LogP contribution is 2.32. The maximum absolute atomic E-state index is 11.6. The molecule has 3 heterocycles. The van der Waals surface area contributed by atoms with Crippen LogP contribution < -0.4 is 5.69 Å². The SMILES string of the molecule is CCn1c(O)c(/C=C2\C=Nc3cnccc32)[nH]c1=O. The molecule has 1 aliphatic heterocycles. The predicted octanol–water partition coefficient (Wildman–Crippen LogP) is 1.55. The predicted molar refractivity (Wildman–Crippen MR) is 72.7 cm³/mol. The lowest BCUT2D eigenvalue weighted by Crippen LogP contribution is -2.14. The summed E-state index contributed by atoms with van der Waals surface area (Å²) < 4.78 is 1.27. The molecule has 0 fully saturated rings. The number of rotatable bonds is 2. The van der Waals surface area contributed by atoms with Crippen LogP contribution in [0.2, 0.25) is 0 Å². The van der Waals surface area contributed by atoms with E-state index in [0.29, 0.717) is 12.2 Å². The number of hydrogen-bond donors (Lipinski definition) is 2. The van der Waals surface area contributed by atoms with E-state index >= 15 is 0 Å². The fourth-order valence-corrected chi connectivity index (χ4v) is 2.09. The van der Waals surface area contributed by atoms with E-state index in [1.54, 1.807) is 31.6 Å². The summed E-state index contributed by atoms with van der Waals surface area (Å²) in [7, 11) is 0. The van der Waals surface area contributed by atoms with Crippen LogP contribution in [-0.2, 0) is 6.54 Å². The molecular formula is C13H12N4O2. The molecule has 0 aliphatic carbocycles. The van der Waals surface area contributed by atoms with Gasteiger partial charge in [-0.2, -0.15) is 0 Å². The van der Waals surface area contributed by atoms with E-state index in [4.69, 9.17) is 0 Å². The number of allylic oxidation sites excluding steroid dienone is 1. The summed E-state index contributed by atoms with van der Waals surface area (Å²) in [5.41, 5.74) is 2.61. The maximum atomic E-state index is 11.6. The molecule has 2 aromatic rings. The Morgan fingerprint density at radius 1 is 1.53 bits per heavy atom. The van der Waals surface area contributed by atoms with Crippen molar-refractivity contribution < 1.29 is 5.11 Å². The summed E-state index contributed by atoms with van der Waals surface area (Å²) in [5.74, 6) is -0.0593. The molecule has 0 spiro atoms. The molecule has 6 heteroatoms. The molecule has 0 unspecified atom stereocenters. The Bertz CT molecular complexity index is 752. The summed E-state index contributed by atoms with van der Waals surface area (Å²) in [6, 6.07) is 1.85. The molecular weight excluding hydrogens is 244 g/mol. The Balaban J connectivity index is 2.10. The van der Waals surface area contributed by atoms with Gasteiger partial charge < -0.3 is 10.1 Å². The topological polar surface area (TPSA) is 83.3 Å². The number of pyridine rings is 1. The van der Waals surface area contributed by atoms with Crippen LogP contribution in [0.15, 0.2) is 28.2 Å². The van der Waals surface area contributed by atoms with E-state index in [0.717, 1.165) is 16.8 Å². The molecule has 2 aromatic heterocycles. The molecule has 0 aromatic carbocycles. The number of H-pyrrole nitrogens is 1. The number of nitrogens with one attached hydrogen (secondary N) is 1. The fourth-order valence-electron chi connectivity index (χ4n) is 2.09. The summed E-state index contributed by atoms with van der Waals surface area (Å²) in [6.45, 7) is 2.21. The van der Waals surface area contributed by atoms with Crippen molar-refractivity contribution in [3.8, 4) is 5.88 Å². The van der Waals surface area contributed by atoms with Crippen molar-refractivity contribution >= 4 is 23.6 Å². The van der Waals surface area contributed by atoms with Gasteiger partial charge in [0, 0.05) is 30.1 Å². The molecule has 6 nitrogen and oxygen atoms in total. The number of hydrogen-bond acceptors (Lipinski definition) is 4. The third-order valence-electron chi connectivity index (χ3n) is 3.05. The van der Waals surface area contributed by atoms with Gasteiger partial charge in [-0.05, 0) is 19.1 Å². The Morgan fingerprint density at radius 2 is 2.37 bits per heavy atom. The highest BCUT2D eigenvalue weighted by molar-refractivity contribution is 6.21. The van der Waals surface area contributed by atoms with Crippen molar-refractivity contribution in [2.24, 2.45) is 4.99 Å². The van der Waals surface area contributed by atoms with Crippen LogP contribution in [0.4, 0.5) is 5.69 Å². The van der Waals surface area contributed by atoms with Crippen LogP contribution >= 0.6 is 0 Å². The zero-order chi connectivity index (χ0) is 13.4. The number of aromatic amines is 1. The molecule has 0 amide bonds. The van der Waals surface area contributed by atoms with Crippen LogP contribution in [0, 0.1) is 0 Å². The quantitative estimate of drug-likeness (QED) is 0.855. The largest absolute Gasteiger partial charge is 0.493 e. The van der Waals surface area contributed by atoms with E-state index in [-0.39, 0.29) is 11.6 Å². The summed E-state index contributed by atoms with van der Waals surface area (Å²) in [4.78, 5) is 22.4. The molecule has 96 valence electrons. The first-order valence-electron chi connectivity index (χ1n) is 5.92. The third-order valence-corrected chi connectivity index (χ3v) is 3.05. The maximum Gasteiger partial charge on any atom is 0.328 e. The summed E-state index contributed by atoms with van der Waals surface area (Å²) in [5, 5.41) is 9.95. The number of aromatic hydroxyl groups is 1. The van der Waals surface area contributed by atoms with Crippen molar-refractivity contribution in [3.05, 3.63) is 40.2 Å². The average Bonchev–Trinajstić information content (AvgIpc) is 2.93. The summed E-state index contributed by atoms with van der Waals surface area (Å²) >= 11 is 0. The van der Waals surface area contributed by atoms with Crippen LogP contribution in [0.3, 0.4) is 0 Å². The third kappa shape index (κ3) is 1.77. The molecule has 2 N–H and O–H groups in total. The van der Waals surface area contributed by atoms with Crippen LogP contribution in [0.5, 0.6) is 5.88 Å². The van der Waals surface area contributed by atoms with Crippen molar-refractivity contribution in [2.75, 3.05) is 0 Å². The van der Waals surface area contributed by atoms with Crippen LogP contribution in [-0.4, -0.2) is 25.9 Å². The lowest BCUT2D eigenvalue weighted by Gasteiger charge is -1.99. The highest BCUT2D eigenvalue weighted by Gasteiger charge is 2.15. The first kappa shape index (κ1) is 11.5. The minimum absolute atomic E-state index is 0.0593. The van der Waals surface area contributed by atoms with Gasteiger partial charge in [-0.15, -0.1) is 0 Å². The second-order valence-electron chi connectivity index (χ2n) is 4.16. The number of fused-ring (bicyclic) bond motifs is 1. The first-order valence-corrected chi connectivity index (χ1v) is 5.92. The second kappa shape index (κ2) is 4.24. The molecule has 0 atom stereocenters. The minimum Gasteiger partial charge on any atom is -0.493 e. The van der Waals surface area contributed by atoms with Gasteiger partial charge in [0.2, 0.25) is 5.88 Å². The van der Waals surface area contributed by atoms with Crippen molar-refractivity contribution in [3.63, 3.8) is 0 Å². The normalized spacial score (nSPS) is 15.1. The fraction of sp³-hybridized carbons (Fsp3) is 0.154. The second-order valence-corrected chi connectivity index (χ2v) is 4.16. The zero-order valence-corrected chi connectivity index (χ0v) is 10.3. The Hall–Kier alpha value is -2.63. The van der Waals surface area contributed by atoms with Gasteiger partial charge in [-0.25, -0.2) is 4.79 Å². The molecule has 19 heavy (non-hydrogen) atoms. The average molecular weight is 256 g/mol. The van der Waals surface area contributed by atoms with E-state index in [1.165, 1.54) is 4.57 Å². The Labute approximate surface area is 108 Å². The van der Waals surface area contributed by atoms with E-state index in [2.05, 4.69) is 15.0 Å². The van der Waals surface area contributed by atoms with Gasteiger partial charge in [0.15, 0.2) is 0 Å². The molecule has 0 bridgehead atoms. The number of aliphatic imine (C=N–C) groups is 1. The first-order chi connectivity index (χ1) is 9.20. The lowest BCUT2D eigenvalue weighted by molar-refractivity contribution is 0.417. The van der Waals surface area contributed by atoms with Gasteiger partial charge in [0.25, 0.3) is 0 Å². The van der Waals surface area contributed by atoms with Gasteiger partial charge in [-0.1, -0.05) is 0 Å². The van der Waals surface area contributed by atoms with Gasteiger partial charge in [0.05, 0.1) is 11.9 Å². The van der Waals surface area contributed by atoms with Crippen molar-refractivity contribution in [2.45, 2.75) is 13.5 Å². The molecule has 0 saturated carbocycles. The number of nitrogens with zero attached hydrogens (tertiary/aromatic N) is 3. The van der Waals surface area contributed by atoms with Crippen molar-refractivity contribution in [1.82, 2.24) is 14.5 Å². The number of imidazole rings is 1. The molecule has 0 saturated heterocycles. The monoisotopic (exact) mass is 256 g/mol. The van der Waals surface area contributed by atoms with Gasteiger partial charge in [-0.3, -0.25) is 14.5 Å². The lowest BCUT2D eigenvalue weighted by atomic mass is 10.1. The van der Waals surface area contributed by atoms with E-state index < -0.39 is 0 Å². The van der Waals surface area contributed by atoms with E-state index in [1.807, 2.05) is 6.07 Å². The van der Waals surface area contributed by atoms with Gasteiger partial charge in [0.1, 0.15) is 5.69 Å². The number of aromatic nitrogens is 3. The summed E-state index contributed by atoms with van der Waals surface area (Å²) in [6.07, 6.45) is 6.75. The van der Waals surface area contributed by atoms with Crippen LogP contribution in [0.1, 0.15) is 18.2 Å². The molecule has 1 aliphatic rings. The standard InChI is InChI=1S/C13H12N4O2/c1-2-17-12(18)10(16-13(17)19)5-8-6-15-11-7-14-4-3-9(8)11/h3-7,18H,2H2,1H3,(H,16,19)/b8-5+. The molecule has 0 radical (unpaired) electrons.